The first-order chi connectivity index (χ1) is 12.5. The largest absolute Gasteiger partial charge is 0.348 e. The first-order valence-corrected chi connectivity index (χ1v) is 9.51. The molecule has 0 bridgehead atoms. The second kappa shape index (κ2) is 7.86. The van der Waals surface area contributed by atoms with Gasteiger partial charge in [0.1, 0.15) is 5.82 Å². The van der Waals surface area contributed by atoms with Crippen molar-refractivity contribution < 1.29 is 0 Å². The molecule has 136 valence electrons. The molecule has 0 radical (unpaired) electrons. The first kappa shape index (κ1) is 18.4. The van der Waals surface area contributed by atoms with Gasteiger partial charge < -0.3 is 4.98 Å². The maximum absolute atomic E-state index is 4.78. The molecular weight excluding hydrogens is 318 g/mol. The lowest BCUT2D eigenvalue weighted by Gasteiger charge is -2.20. The van der Waals surface area contributed by atoms with E-state index in [1.165, 1.54) is 22.4 Å². The Bertz CT molecular complexity index is 847. The van der Waals surface area contributed by atoms with Gasteiger partial charge >= 0.3 is 0 Å². The molecule has 2 heterocycles. The predicted molar refractivity (Wildman–Crippen MR) is 108 cm³/mol. The van der Waals surface area contributed by atoms with E-state index in [1.807, 2.05) is 18.3 Å². The van der Waals surface area contributed by atoms with Crippen LogP contribution in [0.2, 0.25) is 0 Å². The summed E-state index contributed by atoms with van der Waals surface area (Å²) in [5.41, 5.74) is 6.33. The van der Waals surface area contributed by atoms with E-state index in [9.17, 15) is 0 Å². The summed E-state index contributed by atoms with van der Waals surface area (Å²) in [6.07, 6.45) is 8.04. The van der Waals surface area contributed by atoms with Crippen molar-refractivity contribution in [2.24, 2.45) is 5.41 Å². The molecule has 0 fully saturated rings. The fourth-order valence-corrected chi connectivity index (χ4v) is 3.19. The van der Waals surface area contributed by atoms with Crippen LogP contribution in [0.25, 0.3) is 11.3 Å². The Labute approximate surface area is 156 Å². The molecular formula is C23H29N3. The summed E-state index contributed by atoms with van der Waals surface area (Å²) in [6.45, 7) is 9.00. The van der Waals surface area contributed by atoms with E-state index < -0.39 is 0 Å². The van der Waals surface area contributed by atoms with Gasteiger partial charge in [-0.15, -0.1) is 0 Å². The quantitative estimate of drug-likeness (QED) is 0.609. The summed E-state index contributed by atoms with van der Waals surface area (Å²) in [5, 5.41) is 0. The van der Waals surface area contributed by atoms with Crippen LogP contribution in [0, 0.1) is 12.3 Å². The minimum absolute atomic E-state index is 0.310. The number of aromatic amines is 1. The number of pyridine rings is 1. The third-order valence-corrected chi connectivity index (χ3v) is 5.18. The summed E-state index contributed by atoms with van der Waals surface area (Å²) in [5.74, 6) is 1.08. The number of aromatic nitrogens is 3. The molecule has 1 aromatic carbocycles. The van der Waals surface area contributed by atoms with Crippen LogP contribution in [0.3, 0.4) is 0 Å². The summed E-state index contributed by atoms with van der Waals surface area (Å²) >= 11 is 0. The molecule has 3 heteroatoms. The molecule has 3 nitrogen and oxygen atoms in total. The van der Waals surface area contributed by atoms with E-state index in [4.69, 9.17) is 4.98 Å². The Morgan fingerprint density at radius 2 is 1.92 bits per heavy atom. The summed E-state index contributed by atoms with van der Waals surface area (Å²) in [7, 11) is 0. The molecule has 3 aromatic rings. The molecule has 0 amide bonds. The smallest absolute Gasteiger partial charge is 0.106 e. The van der Waals surface area contributed by atoms with Gasteiger partial charge in [-0.2, -0.15) is 0 Å². The molecule has 0 spiro atoms. The van der Waals surface area contributed by atoms with Gasteiger partial charge in [0.05, 0.1) is 11.4 Å². The lowest BCUT2D eigenvalue weighted by atomic mass is 9.85. The number of hydrogen-bond donors (Lipinski definition) is 1. The Balaban J connectivity index is 1.64. The zero-order chi connectivity index (χ0) is 18.6. The van der Waals surface area contributed by atoms with Crippen LogP contribution < -0.4 is 0 Å². The fourth-order valence-electron chi connectivity index (χ4n) is 3.19. The zero-order valence-electron chi connectivity index (χ0n) is 16.3. The highest BCUT2D eigenvalue weighted by atomic mass is 14.9. The molecule has 0 aliphatic heterocycles. The lowest BCUT2D eigenvalue weighted by molar-refractivity contribution is 0.346. The molecule has 0 atom stereocenters. The maximum Gasteiger partial charge on any atom is 0.106 e. The molecule has 2 aromatic heterocycles. The van der Waals surface area contributed by atoms with E-state index in [2.05, 4.69) is 68.1 Å². The highest BCUT2D eigenvalue weighted by Crippen LogP contribution is 2.25. The minimum Gasteiger partial charge on any atom is -0.348 e. The van der Waals surface area contributed by atoms with Crippen LogP contribution in [0.1, 0.15) is 49.8 Å². The van der Waals surface area contributed by atoms with Gasteiger partial charge in [-0.3, -0.25) is 4.98 Å². The van der Waals surface area contributed by atoms with E-state index in [1.54, 1.807) is 0 Å². The van der Waals surface area contributed by atoms with Crippen molar-refractivity contribution in [3.05, 3.63) is 71.4 Å². The number of imidazole rings is 1. The Hall–Kier alpha value is -2.42. The Morgan fingerprint density at radius 3 is 2.62 bits per heavy atom. The molecule has 0 unspecified atom stereocenters. The number of hydrogen-bond acceptors (Lipinski definition) is 2. The SMILES string of the molecule is CCC(C)(C)Cc1c[nH]c(CCc2ccc(-c3ccccn3)c(C)c2)n1. The third kappa shape index (κ3) is 4.60. The van der Waals surface area contributed by atoms with Gasteiger partial charge in [-0.25, -0.2) is 4.98 Å². The summed E-state index contributed by atoms with van der Waals surface area (Å²) in [4.78, 5) is 12.6. The normalized spacial score (nSPS) is 11.7. The van der Waals surface area contributed by atoms with Crippen molar-refractivity contribution in [3.8, 4) is 11.3 Å². The van der Waals surface area contributed by atoms with E-state index >= 15 is 0 Å². The van der Waals surface area contributed by atoms with Crippen LogP contribution in [-0.4, -0.2) is 15.0 Å². The topological polar surface area (TPSA) is 41.6 Å². The number of H-pyrrole nitrogens is 1. The van der Waals surface area contributed by atoms with Crippen molar-refractivity contribution in [1.82, 2.24) is 15.0 Å². The standard InChI is InChI=1S/C23H29N3/c1-5-23(3,4)15-19-16-25-22(26-19)12-10-18-9-11-20(17(2)14-18)21-8-6-7-13-24-21/h6-9,11,13-14,16H,5,10,12,15H2,1-4H3,(H,25,26). The van der Waals surface area contributed by atoms with E-state index in [0.717, 1.165) is 37.2 Å². The zero-order valence-corrected chi connectivity index (χ0v) is 16.3. The van der Waals surface area contributed by atoms with Gasteiger partial charge in [-0.05, 0) is 48.4 Å². The van der Waals surface area contributed by atoms with Crippen LogP contribution >= 0.6 is 0 Å². The van der Waals surface area contributed by atoms with Crippen LogP contribution in [0.15, 0.2) is 48.8 Å². The number of rotatable bonds is 7. The van der Waals surface area contributed by atoms with Crippen LogP contribution in [0.5, 0.6) is 0 Å². The number of aryl methyl sites for hydroxylation is 3. The van der Waals surface area contributed by atoms with Gasteiger partial charge in [-0.1, -0.05) is 51.5 Å². The Morgan fingerprint density at radius 1 is 1.08 bits per heavy atom. The van der Waals surface area contributed by atoms with Crippen LogP contribution in [-0.2, 0) is 19.3 Å². The summed E-state index contributed by atoms with van der Waals surface area (Å²) < 4.78 is 0. The van der Waals surface area contributed by atoms with E-state index in [0.29, 0.717) is 5.41 Å². The first-order valence-electron chi connectivity index (χ1n) is 9.51. The molecule has 3 rings (SSSR count). The maximum atomic E-state index is 4.78. The number of nitrogens with one attached hydrogen (secondary N) is 1. The molecule has 1 N–H and O–H groups in total. The monoisotopic (exact) mass is 347 g/mol. The third-order valence-electron chi connectivity index (χ3n) is 5.18. The number of nitrogens with zero attached hydrogens (tertiary/aromatic N) is 2. The second-order valence-electron chi connectivity index (χ2n) is 7.90. The average molecular weight is 348 g/mol. The number of benzene rings is 1. The predicted octanol–water partition coefficient (Wildman–Crippen LogP) is 5.54. The van der Waals surface area contributed by atoms with Crippen molar-refractivity contribution in [2.45, 2.75) is 53.4 Å². The lowest BCUT2D eigenvalue weighted by Crippen LogP contribution is -2.13. The van der Waals surface area contributed by atoms with Crippen molar-refractivity contribution in [2.75, 3.05) is 0 Å². The highest BCUT2D eigenvalue weighted by molar-refractivity contribution is 5.63. The van der Waals surface area contributed by atoms with Gasteiger partial charge in [0.2, 0.25) is 0 Å². The van der Waals surface area contributed by atoms with Crippen molar-refractivity contribution >= 4 is 0 Å². The fraction of sp³-hybridized carbons (Fsp3) is 0.391. The van der Waals surface area contributed by atoms with Gasteiger partial charge in [0, 0.05) is 24.4 Å². The average Bonchev–Trinajstić information content (AvgIpc) is 3.07. The van der Waals surface area contributed by atoms with Crippen molar-refractivity contribution in [1.29, 1.82) is 0 Å². The van der Waals surface area contributed by atoms with E-state index in [-0.39, 0.29) is 0 Å². The molecule has 26 heavy (non-hydrogen) atoms. The molecule has 0 aliphatic carbocycles. The Kier molecular flexibility index (Phi) is 5.55. The molecule has 0 saturated heterocycles. The summed E-state index contributed by atoms with van der Waals surface area (Å²) in [6, 6.07) is 12.7. The molecule has 0 aliphatic rings. The van der Waals surface area contributed by atoms with Crippen LogP contribution in [0.4, 0.5) is 0 Å². The van der Waals surface area contributed by atoms with Gasteiger partial charge in [0.15, 0.2) is 0 Å². The second-order valence-corrected chi connectivity index (χ2v) is 7.90. The highest BCUT2D eigenvalue weighted by Gasteiger charge is 2.17. The molecule has 0 saturated carbocycles. The van der Waals surface area contributed by atoms with Crippen molar-refractivity contribution in [3.63, 3.8) is 0 Å². The minimum atomic E-state index is 0.310. The van der Waals surface area contributed by atoms with Gasteiger partial charge in [0.25, 0.3) is 0 Å².